The lowest BCUT2D eigenvalue weighted by Gasteiger charge is -2.19. The Labute approximate surface area is 121 Å². The van der Waals surface area contributed by atoms with E-state index in [9.17, 15) is 0 Å². The number of anilines is 1. The standard InChI is InChI=1S/C18H22N2/c1-2-7-16(8-3-1)15-19-12-6-13-20-14-11-17-9-4-5-10-18(17)20/h1-5,7-10,19H,6,11-15H2. The van der Waals surface area contributed by atoms with E-state index in [1.165, 1.54) is 36.2 Å². The highest BCUT2D eigenvalue weighted by molar-refractivity contribution is 5.57. The number of para-hydroxylation sites is 1. The molecule has 2 nitrogen and oxygen atoms in total. The zero-order chi connectivity index (χ0) is 13.6. The first-order valence-corrected chi connectivity index (χ1v) is 7.51. The van der Waals surface area contributed by atoms with Gasteiger partial charge in [0, 0.05) is 25.3 Å². The van der Waals surface area contributed by atoms with Crippen LogP contribution in [-0.2, 0) is 13.0 Å². The normalized spacial score (nSPS) is 13.5. The first-order chi connectivity index (χ1) is 9.93. The fourth-order valence-corrected chi connectivity index (χ4v) is 2.86. The fraction of sp³-hybridized carbons (Fsp3) is 0.333. The minimum absolute atomic E-state index is 0.970. The highest BCUT2D eigenvalue weighted by atomic mass is 15.1. The number of hydrogen-bond acceptors (Lipinski definition) is 2. The Balaban J connectivity index is 1.39. The van der Waals surface area contributed by atoms with Crippen molar-refractivity contribution in [3.8, 4) is 0 Å². The quantitative estimate of drug-likeness (QED) is 0.808. The average Bonchev–Trinajstić information content (AvgIpc) is 2.91. The van der Waals surface area contributed by atoms with E-state index >= 15 is 0 Å². The molecule has 0 saturated carbocycles. The molecule has 2 aromatic carbocycles. The molecule has 1 heterocycles. The lowest BCUT2D eigenvalue weighted by Crippen LogP contribution is -2.25. The third-order valence-corrected chi connectivity index (χ3v) is 3.94. The van der Waals surface area contributed by atoms with Crippen molar-refractivity contribution in [1.29, 1.82) is 0 Å². The van der Waals surface area contributed by atoms with Gasteiger partial charge in [0.15, 0.2) is 0 Å². The van der Waals surface area contributed by atoms with E-state index in [2.05, 4.69) is 64.8 Å². The number of nitrogens with zero attached hydrogens (tertiary/aromatic N) is 1. The van der Waals surface area contributed by atoms with Crippen molar-refractivity contribution < 1.29 is 0 Å². The van der Waals surface area contributed by atoms with E-state index < -0.39 is 0 Å². The summed E-state index contributed by atoms with van der Waals surface area (Å²) in [6.07, 6.45) is 2.40. The topological polar surface area (TPSA) is 15.3 Å². The van der Waals surface area contributed by atoms with Crippen molar-refractivity contribution >= 4 is 5.69 Å². The van der Waals surface area contributed by atoms with Crippen LogP contribution in [0, 0.1) is 0 Å². The Morgan fingerprint density at radius 2 is 1.75 bits per heavy atom. The number of hydrogen-bond donors (Lipinski definition) is 1. The van der Waals surface area contributed by atoms with E-state index in [1.54, 1.807) is 0 Å². The Morgan fingerprint density at radius 3 is 2.65 bits per heavy atom. The monoisotopic (exact) mass is 266 g/mol. The summed E-state index contributed by atoms with van der Waals surface area (Å²) in [4.78, 5) is 2.51. The molecule has 2 heteroatoms. The third-order valence-electron chi connectivity index (χ3n) is 3.94. The van der Waals surface area contributed by atoms with Crippen molar-refractivity contribution in [2.24, 2.45) is 0 Å². The van der Waals surface area contributed by atoms with E-state index in [0.717, 1.165) is 19.6 Å². The Hall–Kier alpha value is -1.80. The smallest absolute Gasteiger partial charge is 0.0399 e. The highest BCUT2D eigenvalue weighted by Gasteiger charge is 2.16. The van der Waals surface area contributed by atoms with E-state index in [0.29, 0.717) is 0 Å². The van der Waals surface area contributed by atoms with Crippen LogP contribution in [0.3, 0.4) is 0 Å². The zero-order valence-corrected chi connectivity index (χ0v) is 11.9. The van der Waals surface area contributed by atoms with Gasteiger partial charge >= 0.3 is 0 Å². The summed E-state index contributed by atoms with van der Waals surface area (Å²) in [6.45, 7) is 4.38. The van der Waals surface area contributed by atoms with Crippen molar-refractivity contribution in [1.82, 2.24) is 5.32 Å². The molecule has 0 aliphatic carbocycles. The Kier molecular flexibility index (Phi) is 4.34. The fourth-order valence-electron chi connectivity index (χ4n) is 2.86. The van der Waals surface area contributed by atoms with Crippen molar-refractivity contribution in [3.63, 3.8) is 0 Å². The second-order valence-corrected chi connectivity index (χ2v) is 5.38. The summed E-state index contributed by atoms with van der Waals surface area (Å²) >= 11 is 0. The van der Waals surface area contributed by atoms with Crippen LogP contribution in [0.1, 0.15) is 17.5 Å². The second kappa shape index (κ2) is 6.58. The van der Waals surface area contributed by atoms with Gasteiger partial charge in [-0.25, -0.2) is 0 Å². The molecule has 0 atom stereocenters. The van der Waals surface area contributed by atoms with Crippen molar-refractivity contribution in [2.45, 2.75) is 19.4 Å². The van der Waals surface area contributed by atoms with Gasteiger partial charge in [-0.05, 0) is 36.6 Å². The van der Waals surface area contributed by atoms with Crippen molar-refractivity contribution in [3.05, 3.63) is 65.7 Å². The molecule has 104 valence electrons. The van der Waals surface area contributed by atoms with Gasteiger partial charge in [-0.3, -0.25) is 0 Å². The molecule has 1 aliphatic rings. The molecular weight excluding hydrogens is 244 g/mol. The van der Waals surface area contributed by atoms with Gasteiger partial charge in [0.1, 0.15) is 0 Å². The van der Waals surface area contributed by atoms with Gasteiger partial charge < -0.3 is 10.2 Å². The minimum atomic E-state index is 0.970. The number of benzene rings is 2. The van der Waals surface area contributed by atoms with Crippen LogP contribution >= 0.6 is 0 Å². The third kappa shape index (κ3) is 3.20. The van der Waals surface area contributed by atoms with Crippen molar-refractivity contribution in [2.75, 3.05) is 24.5 Å². The Morgan fingerprint density at radius 1 is 0.950 bits per heavy atom. The van der Waals surface area contributed by atoms with Gasteiger partial charge in [0.25, 0.3) is 0 Å². The molecule has 0 spiro atoms. The van der Waals surface area contributed by atoms with Crippen LogP contribution in [0.5, 0.6) is 0 Å². The maximum atomic E-state index is 3.52. The van der Waals surface area contributed by atoms with Gasteiger partial charge in [0.2, 0.25) is 0 Å². The molecule has 0 fully saturated rings. The lowest BCUT2D eigenvalue weighted by molar-refractivity contribution is 0.638. The number of rotatable bonds is 6. The highest BCUT2D eigenvalue weighted by Crippen LogP contribution is 2.27. The maximum absolute atomic E-state index is 3.52. The second-order valence-electron chi connectivity index (χ2n) is 5.38. The summed E-state index contributed by atoms with van der Waals surface area (Å²) in [5.41, 5.74) is 4.30. The number of nitrogens with one attached hydrogen (secondary N) is 1. The van der Waals surface area contributed by atoms with Gasteiger partial charge in [0.05, 0.1) is 0 Å². The molecule has 0 unspecified atom stereocenters. The molecule has 0 saturated heterocycles. The summed E-state index contributed by atoms with van der Waals surface area (Å²) in [5.74, 6) is 0. The van der Waals surface area contributed by atoms with Crippen LogP contribution in [-0.4, -0.2) is 19.6 Å². The first-order valence-electron chi connectivity index (χ1n) is 7.51. The molecule has 3 rings (SSSR count). The molecule has 2 aromatic rings. The molecule has 0 radical (unpaired) electrons. The molecule has 20 heavy (non-hydrogen) atoms. The summed E-state index contributed by atoms with van der Waals surface area (Å²) in [7, 11) is 0. The minimum Gasteiger partial charge on any atom is -0.371 e. The van der Waals surface area contributed by atoms with Crippen LogP contribution in [0.4, 0.5) is 5.69 Å². The zero-order valence-electron chi connectivity index (χ0n) is 11.9. The lowest BCUT2D eigenvalue weighted by atomic mass is 10.2. The van der Waals surface area contributed by atoms with E-state index in [1.807, 2.05) is 0 Å². The summed E-state index contributed by atoms with van der Waals surface area (Å²) < 4.78 is 0. The maximum Gasteiger partial charge on any atom is 0.0399 e. The average molecular weight is 266 g/mol. The molecule has 1 N–H and O–H groups in total. The van der Waals surface area contributed by atoms with E-state index in [-0.39, 0.29) is 0 Å². The van der Waals surface area contributed by atoms with Crippen LogP contribution < -0.4 is 10.2 Å². The predicted octanol–water partition coefficient (Wildman–Crippen LogP) is 3.23. The van der Waals surface area contributed by atoms with Crippen LogP contribution in [0.25, 0.3) is 0 Å². The SMILES string of the molecule is c1ccc(CNCCCN2CCc3ccccc32)cc1. The summed E-state index contributed by atoms with van der Waals surface area (Å²) in [5, 5.41) is 3.52. The molecule has 0 bridgehead atoms. The summed E-state index contributed by atoms with van der Waals surface area (Å²) in [6, 6.07) is 19.4. The van der Waals surface area contributed by atoms with Gasteiger partial charge in [-0.2, -0.15) is 0 Å². The molecule has 0 aromatic heterocycles. The molecule has 1 aliphatic heterocycles. The molecular formula is C18H22N2. The first kappa shape index (κ1) is 13.2. The largest absolute Gasteiger partial charge is 0.371 e. The van der Waals surface area contributed by atoms with Gasteiger partial charge in [-0.1, -0.05) is 48.5 Å². The van der Waals surface area contributed by atoms with Crippen LogP contribution in [0.2, 0.25) is 0 Å². The molecule has 0 amide bonds. The number of fused-ring (bicyclic) bond motifs is 1. The predicted molar refractivity (Wildman–Crippen MR) is 85.1 cm³/mol. The Bertz CT molecular complexity index is 536. The van der Waals surface area contributed by atoms with E-state index in [4.69, 9.17) is 0 Å². The van der Waals surface area contributed by atoms with Gasteiger partial charge in [-0.15, -0.1) is 0 Å². The van der Waals surface area contributed by atoms with Crippen LogP contribution in [0.15, 0.2) is 54.6 Å².